The zero-order valence-electron chi connectivity index (χ0n) is 17.5. The molecule has 160 valence electrons. The lowest BCUT2D eigenvalue weighted by Crippen LogP contribution is -2.36. The standard InChI is InChI=1S/C24H27N5OS/c30-22(26-20-13-17-7-4-5-8-18(17)14-20)16-31-24-28-27-23(19-9-6-12-25-15-19)29(24)21-10-2-1-3-11-21/h4-9,12,15,20-21H,1-3,10-11,13-14,16H2,(H,26,30). The van der Waals surface area contributed by atoms with E-state index in [9.17, 15) is 4.79 Å². The molecule has 1 amide bonds. The minimum atomic E-state index is 0.0592. The van der Waals surface area contributed by atoms with Crippen molar-refractivity contribution in [2.45, 2.75) is 62.2 Å². The number of hydrogen-bond acceptors (Lipinski definition) is 5. The van der Waals surface area contributed by atoms with Crippen LogP contribution in [0.3, 0.4) is 0 Å². The fourth-order valence-electron chi connectivity index (χ4n) is 4.80. The number of pyridine rings is 1. The second-order valence-electron chi connectivity index (χ2n) is 8.44. The van der Waals surface area contributed by atoms with Gasteiger partial charge in [-0.3, -0.25) is 14.3 Å². The summed E-state index contributed by atoms with van der Waals surface area (Å²) in [6.07, 6.45) is 11.4. The number of amides is 1. The number of rotatable bonds is 6. The summed E-state index contributed by atoms with van der Waals surface area (Å²) in [5, 5.41) is 13.0. The van der Waals surface area contributed by atoms with Crippen LogP contribution in [-0.2, 0) is 17.6 Å². The summed E-state index contributed by atoms with van der Waals surface area (Å²) in [7, 11) is 0. The normalized spacial score (nSPS) is 16.9. The number of hydrogen-bond donors (Lipinski definition) is 1. The number of thioether (sulfide) groups is 1. The monoisotopic (exact) mass is 433 g/mol. The maximum Gasteiger partial charge on any atom is 0.230 e. The van der Waals surface area contributed by atoms with Gasteiger partial charge in [-0.2, -0.15) is 0 Å². The van der Waals surface area contributed by atoms with E-state index in [-0.39, 0.29) is 11.9 Å². The molecule has 0 unspecified atom stereocenters. The molecule has 3 aromatic rings. The summed E-state index contributed by atoms with van der Waals surface area (Å²) >= 11 is 1.49. The Balaban J connectivity index is 1.28. The largest absolute Gasteiger partial charge is 0.352 e. The maximum atomic E-state index is 12.7. The predicted molar refractivity (Wildman–Crippen MR) is 122 cm³/mol. The molecule has 1 aromatic carbocycles. The first-order chi connectivity index (χ1) is 15.3. The van der Waals surface area contributed by atoms with Crippen molar-refractivity contribution in [1.82, 2.24) is 25.1 Å². The van der Waals surface area contributed by atoms with Gasteiger partial charge in [-0.15, -0.1) is 10.2 Å². The Bertz CT molecular complexity index is 1020. The first kappa shape index (κ1) is 20.2. The summed E-state index contributed by atoms with van der Waals surface area (Å²) in [4.78, 5) is 16.9. The summed E-state index contributed by atoms with van der Waals surface area (Å²) in [6, 6.07) is 13.0. The number of benzene rings is 1. The van der Waals surface area contributed by atoms with Gasteiger partial charge in [0.1, 0.15) is 0 Å². The van der Waals surface area contributed by atoms with E-state index in [2.05, 4.69) is 49.3 Å². The van der Waals surface area contributed by atoms with Crippen molar-refractivity contribution in [2.75, 3.05) is 5.75 Å². The van der Waals surface area contributed by atoms with Crippen LogP contribution in [-0.4, -0.2) is 37.5 Å². The fraction of sp³-hybridized carbons (Fsp3) is 0.417. The SMILES string of the molecule is O=C(CSc1nnc(-c2cccnc2)n1C1CCCCC1)NC1Cc2ccccc2C1. The molecule has 31 heavy (non-hydrogen) atoms. The lowest BCUT2D eigenvalue weighted by molar-refractivity contribution is -0.119. The molecule has 0 bridgehead atoms. The second kappa shape index (κ2) is 9.22. The smallest absolute Gasteiger partial charge is 0.230 e. The van der Waals surface area contributed by atoms with Gasteiger partial charge in [-0.05, 0) is 48.9 Å². The molecule has 0 spiro atoms. The highest BCUT2D eigenvalue weighted by atomic mass is 32.2. The quantitative estimate of drug-likeness (QED) is 0.589. The van der Waals surface area contributed by atoms with E-state index in [1.54, 1.807) is 6.20 Å². The van der Waals surface area contributed by atoms with E-state index in [1.165, 1.54) is 42.2 Å². The Morgan fingerprint density at radius 2 is 1.81 bits per heavy atom. The Kier molecular flexibility index (Phi) is 6.02. The Morgan fingerprint density at radius 3 is 2.52 bits per heavy atom. The number of nitrogens with one attached hydrogen (secondary N) is 1. The number of carbonyl (C=O) groups excluding carboxylic acids is 1. The van der Waals surface area contributed by atoms with Crippen molar-refractivity contribution in [3.8, 4) is 11.4 Å². The van der Waals surface area contributed by atoms with Crippen LogP contribution in [0.1, 0.15) is 49.3 Å². The van der Waals surface area contributed by atoms with Crippen LogP contribution in [0.5, 0.6) is 0 Å². The molecule has 6 nitrogen and oxygen atoms in total. The number of nitrogens with zero attached hydrogens (tertiary/aromatic N) is 4. The Hall–Kier alpha value is -2.67. The van der Waals surface area contributed by atoms with Crippen LogP contribution in [0, 0.1) is 0 Å². The van der Waals surface area contributed by atoms with Gasteiger partial charge in [-0.25, -0.2) is 0 Å². The van der Waals surface area contributed by atoms with Crippen molar-refractivity contribution in [3.63, 3.8) is 0 Å². The Labute approximate surface area is 186 Å². The zero-order valence-corrected chi connectivity index (χ0v) is 18.4. The molecule has 0 radical (unpaired) electrons. The zero-order chi connectivity index (χ0) is 21.0. The third-order valence-corrected chi connectivity index (χ3v) is 7.22. The molecular weight excluding hydrogens is 406 g/mol. The van der Waals surface area contributed by atoms with E-state index < -0.39 is 0 Å². The van der Waals surface area contributed by atoms with Crippen molar-refractivity contribution in [2.24, 2.45) is 0 Å². The summed E-state index contributed by atoms with van der Waals surface area (Å²) in [5.41, 5.74) is 3.66. The van der Waals surface area contributed by atoms with E-state index in [0.717, 1.165) is 42.2 Å². The van der Waals surface area contributed by atoms with Crippen molar-refractivity contribution in [1.29, 1.82) is 0 Å². The molecule has 0 aliphatic heterocycles. The highest BCUT2D eigenvalue weighted by Gasteiger charge is 2.26. The highest BCUT2D eigenvalue weighted by Crippen LogP contribution is 2.35. The van der Waals surface area contributed by atoms with E-state index >= 15 is 0 Å². The predicted octanol–water partition coefficient (Wildman–Crippen LogP) is 4.22. The number of carbonyl (C=O) groups is 1. The lowest BCUT2D eigenvalue weighted by Gasteiger charge is -2.25. The molecule has 1 saturated carbocycles. The van der Waals surface area contributed by atoms with E-state index in [4.69, 9.17) is 0 Å². The average molecular weight is 434 g/mol. The summed E-state index contributed by atoms with van der Waals surface area (Å²) < 4.78 is 2.25. The van der Waals surface area contributed by atoms with Crippen LogP contribution in [0.15, 0.2) is 53.9 Å². The minimum Gasteiger partial charge on any atom is -0.352 e. The van der Waals surface area contributed by atoms with Gasteiger partial charge in [0, 0.05) is 30.0 Å². The van der Waals surface area contributed by atoms with Crippen LogP contribution >= 0.6 is 11.8 Å². The third-order valence-electron chi connectivity index (χ3n) is 6.27. The molecule has 2 aromatic heterocycles. The third kappa shape index (κ3) is 4.51. The summed E-state index contributed by atoms with van der Waals surface area (Å²) in [5.74, 6) is 1.27. The van der Waals surface area contributed by atoms with Gasteiger partial charge in [0.05, 0.1) is 5.75 Å². The highest BCUT2D eigenvalue weighted by molar-refractivity contribution is 7.99. The first-order valence-electron chi connectivity index (χ1n) is 11.1. The topological polar surface area (TPSA) is 72.7 Å². The van der Waals surface area contributed by atoms with E-state index in [0.29, 0.717) is 11.8 Å². The first-order valence-corrected chi connectivity index (χ1v) is 12.1. The molecule has 7 heteroatoms. The van der Waals surface area contributed by atoms with Gasteiger partial charge in [0.2, 0.25) is 5.91 Å². The molecule has 0 saturated heterocycles. The van der Waals surface area contributed by atoms with Crippen LogP contribution < -0.4 is 5.32 Å². The molecule has 2 aliphatic carbocycles. The van der Waals surface area contributed by atoms with Crippen LogP contribution in [0.4, 0.5) is 0 Å². The van der Waals surface area contributed by atoms with Gasteiger partial charge < -0.3 is 5.32 Å². The van der Waals surface area contributed by atoms with Crippen molar-refractivity contribution >= 4 is 17.7 Å². The van der Waals surface area contributed by atoms with Crippen LogP contribution in [0.25, 0.3) is 11.4 Å². The van der Waals surface area contributed by atoms with Gasteiger partial charge in [-0.1, -0.05) is 55.3 Å². The minimum absolute atomic E-state index is 0.0592. The van der Waals surface area contributed by atoms with Gasteiger partial charge in [0.25, 0.3) is 0 Å². The number of fused-ring (bicyclic) bond motifs is 1. The molecule has 0 atom stereocenters. The molecule has 2 heterocycles. The van der Waals surface area contributed by atoms with E-state index in [1.807, 2.05) is 18.3 Å². The second-order valence-corrected chi connectivity index (χ2v) is 9.38. The Morgan fingerprint density at radius 1 is 1.03 bits per heavy atom. The molecular formula is C24H27N5OS. The molecule has 5 rings (SSSR count). The number of aromatic nitrogens is 4. The van der Waals surface area contributed by atoms with Crippen molar-refractivity contribution in [3.05, 3.63) is 59.9 Å². The maximum absolute atomic E-state index is 12.7. The molecule has 1 N–H and O–H groups in total. The average Bonchev–Trinajstić information content (AvgIpc) is 3.42. The van der Waals surface area contributed by atoms with Crippen LogP contribution in [0.2, 0.25) is 0 Å². The lowest BCUT2D eigenvalue weighted by atomic mass is 9.95. The van der Waals surface area contributed by atoms with Crippen molar-refractivity contribution < 1.29 is 4.79 Å². The fourth-order valence-corrected chi connectivity index (χ4v) is 5.61. The van der Waals surface area contributed by atoms with Gasteiger partial charge >= 0.3 is 0 Å². The van der Waals surface area contributed by atoms with Gasteiger partial charge in [0.15, 0.2) is 11.0 Å². The molecule has 2 aliphatic rings. The summed E-state index contributed by atoms with van der Waals surface area (Å²) in [6.45, 7) is 0. The molecule has 1 fully saturated rings.